The first-order valence-electron chi connectivity index (χ1n) is 7.31. The molecule has 0 bridgehead atoms. The first kappa shape index (κ1) is 18.7. The minimum absolute atomic E-state index is 0.0950. The van der Waals surface area contributed by atoms with Crippen LogP contribution in [-0.2, 0) is 6.18 Å². The smallest absolute Gasteiger partial charge is 0.379 e. The molecule has 1 aliphatic rings. The lowest BCUT2D eigenvalue weighted by molar-refractivity contribution is -0.902. The molecule has 1 aliphatic heterocycles. The maximum absolute atomic E-state index is 12.7. The second-order valence-electron chi connectivity index (χ2n) is 5.59. The molecular weight excluding hydrogens is 342 g/mol. The lowest BCUT2D eigenvalue weighted by atomic mass is 10.3. The van der Waals surface area contributed by atoms with E-state index in [1.165, 1.54) is 4.90 Å². The van der Waals surface area contributed by atoms with Crippen LogP contribution >= 0.6 is 0 Å². The van der Waals surface area contributed by atoms with Crippen LogP contribution in [0.2, 0.25) is 0 Å². The van der Waals surface area contributed by atoms with E-state index in [1.807, 2.05) is 0 Å². The zero-order chi connectivity index (χ0) is 18.0. The highest BCUT2D eigenvalue weighted by Gasteiger charge is 2.41. The first-order valence-corrected chi connectivity index (χ1v) is 7.31. The van der Waals surface area contributed by atoms with E-state index in [1.54, 1.807) is 0 Å². The van der Waals surface area contributed by atoms with Gasteiger partial charge in [-0.3, -0.25) is 0 Å². The van der Waals surface area contributed by atoms with Crippen molar-refractivity contribution in [3.63, 3.8) is 0 Å². The molecule has 5 nitrogen and oxygen atoms in total. The van der Waals surface area contributed by atoms with E-state index in [0.717, 1.165) is 12.3 Å². The molecule has 2 atom stereocenters. The van der Waals surface area contributed by atoms with Crippen LogP contribution in [0.3, 0.4) is 0 Å². The first-order chi connectivity index (χ1) is 11.1. The van der Waals surface area contributed by atoms with Gasteiger partial charge in [-0.05, 0) is 6.07 Å². The van der Waals surface area contributed by atoms with Gasteiger partial charge >= 0.3 is 12.4 Å². The molecule has 24 heavy (non-hydrogen) atoms. The minimum atomic E-state index is -4.68. The number of aromatic nitrogens is 2. The van der Waals surface area contributed by atoms with Gasteiger partial charge < -0.3 is 14.9 Å². The summed E-state index contributed by atoms with van der Waals surface area (Å²) in [7, 11) is 0. The van der Waals surface area contributed by atoms with Crippen molar-refractivity contribution in [1.29, 1.82) is 0 Å². The topological polar surface area (TPSA) is 53.7 Å². The molecule has 0 amide bonds. The summed E-state index contributed by atoms with van der Waals surface area (Å²) in [6, 6.07) is 0.762. The van der Waals surface area contributed by atoms with Crippen molar-refractivity contribution in [2.45, 2.75) is 24.9 Å². The van der Waals surface area contributed by atoms with Gasteiger partial charge in [0.1, 0.15) is 12.2 Å². The molecule has 1 unspecified atom stereocenters. The molecule has 0 spiro atoms. The van der Waals surface area contributed by atoms with Crippen LogP contribution in [0, 0.1) is 0 Å². The van der Waals surface area contributed by atoms with E-state index in [2.05, 4.69) is 9.97 Å². The number of aliphatic hydroxyl groups excluding tert-OH is 1. The van der Waals surface area contributed by atoms with Crippen molar-refractivity contribution in [2.24, 2.45) is 0 Å². The molecule has 2 N–H and O–H groups in total. The average Bonchev–Trinajstić information content (AvgIpc) is 2.71. The van der Waals surface area contributed by atoms with E-state index in [-0.39, 0.29) is 19.0 Å². The Balaban J connectivity index is 2.01. The molecule has 0 aliphatic carbocycles. The Hall–Kier alpha value is -1.62. The zero-order valence-electron chi connectivity index (χ0n) is 12.5. The number of hydrogen-bond donors (Lipinski definition) is 2. The third-order valence-corrected chi connectivity index (χ3v) is 3.77. The monoisotopic (exact) mass is 359 g/mol. The molecule has 0 radical (unpaired) electrons. The van der Waals surface area contributed by atoms with Crippen molar-refractivity contribution in [1.82, 2.24) is 9.97 Å². The fourth-order valence-electron chi connectivity index (χ4n) is 2.50. The van der Waals surface area contributed by atoms with Crippen molar-refractivity contribution in [2.75, 3.05) is 37.6 Å². The van der Waals surface area contributed by atoms with Gasteiger partial charge in [0.2, 0.25) is 5.95 Å². The molecule has 0 saturated carbocycles. The second kappa shape index (κ2) is 7.09. The van der Waals surface area contributed by atoms with Crippen molar-refractivity contribution in [3.05, 3.63) is 18.0 Å². The summed E-state index contributed by atoms with van der Waals surface area (Å²) in [6.07, 6.45) is -10.2. The zero-order valence-corrected chi connectivity index (χ0v) is 12.5. The summed E-state index contributed by atoms with van der Waals surface area (Å²) < 4.78 is 75.3. The standard InChI is InChI=1S/C13H16F6N4O/c14-12(15,16)9-2-3-20-11(21-9)23-5-1-4-22(6-7-23)8-10(24)13(17,18)19/h2-3,10,24H,1,4-8H2/p+1/t10-/m0/s1. The van der Waals surface area contributed by atoms with E-state index in [9.17, 15) is 26.3 Å². The number of aliphatic hydroxyl groups is 1. The Bertz CT molecular complexity index is 550. The molecule has 2 rings (SSSR count). The van der Waals surface area contributed by atoms with Crippen LogP contribution < -0.4 is 9.80 Å². The van der Waals surface area contributed by atoms with Gasteiger partial charge in [-0.1, -0.05) is 0 Å². The molecule has 11 heteroatoms. The van der Waals surface area contributed by atoms with Crippen molar-refractivity contribution in [3.8, 4) is 0 Å². The molecule has 1 aromatic rings. The summed E-state index contributed by atoms with van der Waals surface area (Å²) in [5.41, 5.74) is -1.06. The van der Waals surface area contributed by atoms with Gasteiger partial charge in [0.05, 0.1) is 19.6 Å². The van der Waals surface area contributed by atoms with E-state index >= 15 is 0 Å². The average molecular weight is 359 g/mol. The van der Waals surface area contributed by atoms with Crippen molar-refractivity contribution < 1.29 is 36.3 Å². The van der Waals surface area contributed by atoms with Gasteiger partial charge in [0.15, 0.2) is 6.10 Å². The summed E-state index contributed by atoms with van der Waals surface area (Å²) in [5.74, 6) is -0.0950. The number of halogens is 6. The quantitative estimate of drug-likeness (QED) is 0.773. The van der Waals surface area contributed by atoms with E-state index < -0.39 is 30.7 Å². The predicted molar refractivity (Wildman–Crippen MR) is 71.5 cm³/mol. The fourth-order valence-corrected chi connectivity index (χ4v) is 2.50. The second-order valence-corrected chi connectivity index (χ2v) is 5.59. The number of quaternary nitrogens is 1. The van der Waals surface area contributed by atoms with Crippen LogP contribution in [0.5, 0.6) is 0 Å². The Labute approximate surface area is 133 Å². The summed E-state index contributed by atoms with van der Waals surface area (Å²) in [6.45, 7) is 0.685. The molecule has 2 heterocycles. The number of nitrogens with zero attached hydrogens (tertiary/aromatic N) is 3. The van der Waals surface area contributed by atoms with E-state index in [4.69, 9.17) is 5.11 Å². The maximum atomic E-state index is 12.7. The lowest BCUT2D eigenvalue weighted by Gasteiger charge is -2.23. The SMILES string of the molecule is O[C@@H](C[NH+]1CCCN(c2nccc(C(F)(F)F)n2)CC1)C(F)(F)F. The number of nitrogens with one attached hydrogen (secondary N) is 1. The predicted octanol–water partition coefficient (Wildman–Crippen LogP) is 0.514. The van der Waals surface area contributed by atoms with Crippen LogP contribution in [0.4, 0.5) is 32.3 Å². The highest BCUT2D eigenvalue weighted by Crippen LogP contribution is 2.28. The van der Waals surface area contributed by atoms with Gasteiger partial charge in [0, 0.05) is 19.2 Å². The number of rotatable bonds is 3. The lowest BCUT2D eigenvalue weighted by Crippen LogP contribution is -3.13. The molecule has 1 fully saturated rings. The van der Waals surface area contributed by atoms with Crippen LogP contribution in [-0.4, -0.2) is 60.1 Å². The van der Waals surface area contributed by atoms with Gasteiger partial charge in [0.25, 0.3) is 0 Å². The third kappa shape index (κ3) is 4.94. The van der Waals surface area contributed by atoms with Crippen LogP contribution in [0.15, 0.2) is 12.3 Å². The van der Waals surface area contributed by atoms with Crippen molar-refractivity contribution >= 4 is 5.95 Å². The highest BCUT2D eigenvalue weighted by atomic mass is 19.4. The number of hydrogen-bond acceptors (Lipinski definition) is 4. The largest absolute Gasteiger partial charge is 0.433 e. The molecule has 0 aromatic carbocycles. The summed E-state index contributed by atoms with van der Waals surface area (Å²) >= 11 is 0. The van der Waals surface area contributed by atoms with Gasteiger partial charge in [-0.15, -0.1) is 0 Å². The van der Waals surface area contributed by atoms with Gasteiger partial charge in [-0.2, -0.15) is 26.3 Å². The summed E-state index contributed by atoms with van der Waals surface area (Å²) in [5, 5.41) is 9.13. The number of anilines is 1. The molecule has 1 aromatic heterocycles. The minimum Gasteiger partial charge on any atom is -0.379 e. The van der Waals surface area contributed by atoms with Crippen LogP contribution in [0.25, 0.3) is 0 Å². The van der Waals surface area contributed by atoms with E-state index in [0.29, 0.717) is 24.4 Å². The molecule has 136 valence electrons. The Morgan fingerprint density at radius 1 is 1.17 bits per heavy atom. The Morgan fingerprint density at radius 3 is 2.50 bits per heavy atom. The third-order valence-electron chi connectivity index (χ3n) is 3.77. The fraction of sp³-hybridized carbons (Fsp3) is 0.692. The maximum Gasteiger partial charge on any atom is 0.433 e. The Morgan fingerprint density at radius 2 is 1.88 bits per heavy atom. The van der Waals surface area contributed by atoms with Crippen LogP contribution in [0.1, 0.15) is 12.1 Å². The van der Waals surface area contributed by atoms with Gasteiger partial charge in [-0.25, -0.2) is 9.97 Å². The molecular formula is C13H17F6N4O+. The molecule has 1 saturated heterocycles. The summed E-state index contributed by atoms with van der Waals surface area (Å²) in [4.78, 5) is 9.36. The highest BCUT2D eigenvalue weighted by molar-refractivity contribution is 5.30. The normalized spacial score (nSPS) is 21.5. The Kier molecular flexibility index (Phi) is 5.53. The number of alkyl halides is 6.